The summed E-state index contributed by atoms with van der Waals surface area (Å²) in [6.07, 6.45) is 3.04. The molecule has 16 heavy (non-hydrogen) atoms. The van der Waals surface area contributed by atoms with E-state index in [9.17, 15) is 0 Å². The normalized spacial score (nSPS) is 18.2. The second kappa shape index (κ2) is 3.92. The quantitative estimate of drug-likeness (QED) is 0.798. The Kier molecular flexibility index (Phi) is 2.73. The van der Waals surface area contributed by atoms with E-state index in [4.69, 9.17) is 26.2 Å². The number of halogens is 1. The van der Waals surface area contributed by atoms with Crippen LogP contribution in [0.3, 0.4) is 0 Å². The number of hydrogen-bond acceptors (Lipinski definition) is 5. The summed E-state index contributed by atoms with van der Waals surface area (Å²) in [7, 11) is 0. The van der Waals surface area contributed by atoms with Crippen molar-refractivity contribution in [2.45, 2.75) is 19.6 Å². The number of nitrogens with zero attached hydrogens (tertiary/aromatic N) is 2. The summed E-state index contributed by atoms with van der Waals surface area (Å²) in [6.45, 7) is 3.28. The molecule has 6 heteroatoms. The highest BCUT2D eigenvalue weighted by Gasteiger charge is 2.34. The number of aliphatic hydroxyl groups excluding tert-OH is 1. The first kappa shape index (κ1) is 11.2. The van der Waals surface area contributed by atoms with Gasteiger partial charge in [0.05, 0.1) is 5.56 Å². The lowest BCUT2D eigenvalue weighted by atomic mass is 10.2. The molecule has 0 saturated carbocycles. The monoisotopic (exact) mass is 242 g/mol. The molecule has 1 N–H and O–H groups in total. The fraction of sp³-hybridized carbons (Fsp3) is 0.400. The Morgan fingerprint density at radius 1 is 1.31 bits per heavy atom. The van der Waals surface area contributed by atoms with Crippen molar-refractivity contribution in [2.24, 2.45) is 0 Å². The van der Waals surface area contributed by atoms with Gasteiger partial charge in [-0.25, -0.2) is 9.97 Å². The van der Waals surface area contributed by atoms with Crippen molar-refractivity contribution in [2.75, 3.05) is 6.61 Å². The van der Waals surface area contributed by atoms with E-state index >= 15 is 0 Å². The molecular weight excluding hydrogens is 232 g/mol. The second-order valence-corrected chi connectivity index (χ2v) is 4.09. The summed E-state index contributed by atoms with van der Waals surface area (Å²) in [5, 5.41) is 9.32. The van der Waals surface area contributed by atoms with E-state index in [1.165, 1.54) is 12.4 Å². The van der Waals surface area contributed by atoms with Crippen LogP contribution in [0, 0.1) is 0 Å². The van der Waals surface area contributed by atoms with Crippen LogP contribution < -0.4 is 0 Å². The summed E-state index contributed by atoms with van der Waals surface area (Å²) < 4.78 is 11.0. The molecule has 1 aliphatic heterocycles. The highest BCUT2D eigenvalue weighted by Crippen LogP contribution is 2.35. The van der Waals surface area contributed by atoms with Crippen LogP contribution in [0.25, 0.3) is 5.76 Å². The SMILES string of the molecule is CC1(C)OC(CO)=C(c2cnc(Cl)nc2)O1. The van der Waals surface area contributed by atoms with Crippen molar-refractivity contribution in [1.82, 2.24) is 9.97 Å². The van der Waals surface area contributed by atoms with Gasteiger partial charge in [-0.2, -0.15) is 0 Å². The minimum atomic E-state index is -0.785. The van der Waals surface area contributed by atoms with Crippen molar-refractivity contribution < 1.29 is 14.6 Å². The first-order chi connectivity index (χ1) is 7.52. The smallest absolute Gasteiger partial charge is 0.245 e. The lowest BCUT2D eigenvalue weighted by Crippen LogP contribution is -2.21. The number of hydrogen-bond donors (Lipinski definition) is 1. The molecule has 0 bridgehead atoms. The van der Waals surface area contributed by atoms with Crippen LogP contribution in [-0.2, 0) is 9.47 Å². The molecule has 0 saturated heterocycles. The van der Waals surface area contributed by atoms with E-state index in [0.29, 0.717) is 17.1 Å². The van der Waals surface area contributed by atoms with Crippen LogP contribution in [0.2, 0.25) is 5.28 Å². The molecule has 0 amide bonds. The van der Waals surface area contributed by atoms with E-state index < -0.39 is 5.79 Å². The molecule has 5 nitrogen and oxygen atoms in total. The van der Waals surface area contributed by atoms with Gasteiger partial charge in [-0.1, -0.05) is 0 Å². The lowest BCUT2D eigenvalue weighted by Gasteiger charge is -2.18. The molecule has 0 unspecified atom stereocenters. The zero-order valence-corrected chi connectivity index (χ0v) is 9.65. The second-order valence-electron chi connectivity index (χ2n) is 3.76. The highest BCUT2D eigenvalue weighted by atomic mass is 35.5. The van der Waals surface area contributed by atoms with Gasteiger partial charge >= 0.3 is 0 Å². The average Bonchev–Trinajstić information content (AvgIpc) is 2.55. The summed E-state index contributed by atoms with van der Waals surface area (Å²) in [5.74, 6) is 0.0348. The zero-order chi connectivity index (χ0) is 11.8. The van der Waals surface area contributed by atoms with Crippen LogP contribution in [0.15, 0.2) is 18.2 Å². The fourth-order valence-corrected chi connectivity index (χ4v) is 1.52. The van der Waals surface area contributed by atoms with Crippen LogP contribution in [0.5, 0.6) is 0 Å². The van der Waals surface area contributed by atoms with Gasteiger partial charge in [-0.05, 0) is 11.6 Å². The molecular formula is C10H11ClN2O3. The molecule has 1 aromatic rings. The third-order valence-corrected chi connectivity index (χ3v) is 2.19. The summed E-state index contributed by atoms with van der Waals surface area (Å²) >= 11 is 5.58. The fourth-order valence-electron chi connectivity index (χ4n) is 1.42. The maximum Gasteiger partial charge on any atom is 0.245 e. The topological polar surface area (TPSA) is 64.5 Å². The van der Waals surface area contributed by atoms with Gasteiger partial charge in [0.1, 0.15) is 6.61 Å². The number of ether oxygens (including phenoxy) is 2. The predicted octanol–water partition coefficient (Wildman–Crippen LogP) is 1.57. The molecule has 0 aromatic carbocycles. The first-order valence-electron chi connectivity index (χ1n) is 4.72. The molecule has 2 heterocycles. The molecule has 0 aliphatic carbocycles. The van der Waals surface area contributed by atoms with Gasteiger partial charge in [0.15, 0.2) is 11.5 Å². The third-order valence-electron chi connectivity index (χ3n) is 2.00. The van der Waals surface area contributed by atoms with Gasteiger partial charge in [0, 0.05) is 26.2 Å². The summed E-state index contributed by atoms with van der Waals surface area (Å²) in [5.41, 5.74) is 0.624. The molecule has 2 rings (SSSR count). The number of aromatic nitrogens is 2. The maximum absolute atomic E-state index is 9.15. The van der Waals surface area contributed by atoms with Gasteiger partial charge in [-0.3, -0.25) is 0 Å². The van der Waals surface area contributed by atoms with E-state index in [1.807, 2.05) is 0 Å². The summed E-state index contributed by atoms with van der Waals surface area (Å²) in [4.78, 5) is 7.69. The van der Waals surface area contributed by atoms with Crippen LogP contribution in [0.1, 0.15) is 19.4 Å². The van der Waals surface area contributed by atoms with Gasteiger partial charge < -0.3 is 14.6 Å². The molecule has 1 aliphatic rings. The van der Waals surface area contributed by atoms with Crippen LogP contribution in [-0.4, -0.2) is 27.5 Å². The lowest BCUT2D eigenvalue weighted by molar-refractivity contribution is -0.114. The summed E-state index contributed by atoms with van der Waals surface area (Å²) in [6, 6.07) is 0. The minimum absolute atomic E-state index is 0.160. The Morgan fingerprint density at radius 2 is 1.94 bits per heavy atom. The molecule has 1 aromatic heterocycles. The van der Waals surface area contributed by atoms with Crippen molar-refractivity contribution in [1.29, 1.82) is 0 Å². The van der Waals surface area contributed by atoms with E-state index in [2.05, 4.69) is 9.97 Å². The minimum Gasteiger partial charge on any atom is -0.451 e. The zero-order valence-electron chi connectivity index (χ0n) is 8.90. The molecule has 86 valence electrons. The maximum atomic E-state index is 9.15. The predicted molar refractivity (Wildman–Crippen MR) is 57.3 cm³/mol. The molecule has 0 spiro atoms. The van der Waals surface area contributed by atoms with E-state index in [-0.39, 0.29) is 11.9 Å². The van der Waals surface area contributed by atoms with E-state index in [0.717, 1.165) is 0 Å². The van der Waals surface area contributed by atoms with Gasteiger partial charge in [-0.15, -0.1) is 0 Å². The van der Waals surface area contributed by atoms with Crippen molar-refractivity contribution in [3.8, 4) is 0 Å². The van der Waals surface area contributed by atoms with Crippen LogP contribution in [0.4, 0.5) is 0 Å². The highest BCUT2D eigenvalue weighted by molar-refractivity contribution is 6.28. The third kappa shape index (κ3) is 2.10. The number of aliphatic hydroxyl groups is 1. The Labute approximate surface area is 97.7 Å². The standard InChI is InChI=1S/C10H11ClN2O3/c1-10(2)15-7(5-14)8(16-10)6-3-12-9(11)13-4-6/h3-4,14H,5H2,1-2H3. The average molecular weight is 243 g/mol. The Balaban J connectivity index is 2.35. The van der Waals surface area contributed by atoms with Crippen LogP contribution >= 0.6 is 11.6 Å². The van der Waals surface area contributed by atoms with Gasteiger partial charge in [0.2, 0.25) is 11.1 Å². The molecule has 0 radical (unpaired) electrons. The Hall–Kier alpha value is -1.33. The van der Waals surface area contributed by atoms with Crippen molar-refractivity contribution in [3.05, 3.63) is 29.0 Å². The van der Waals surface area contributed by atoms with Gasteiger partial charge in [0.25, 0.3) is 0 Å². The largest absolute Gasteiger partial charge is 0.451 e. The van der Waals surface area contributed by atoms with Crippen molar-refractivity contribution in [3.63, 3.8) is 0 Å². The first-order valence-corrected chi connectivity index (χ1v) is 5.09. The molecule has 0 atom stereocenters. The van der Waals surface area contributed by atoms with E-state index in [1.54, 1.807) is 13.8 Å². The Morgan fingerprint density at radius 3 is 2.50 bits per heavy atom. The molecule has 0 fully saturated rings. The van der Waals surface area contributed by atoms with Crippen molar-refractivity contribution >= 4 is 17.4 Å². The number of rotatable bonds is 2. The Bertz CT molecular complexity index is 428.